The Kier molecular flexibility index (Phi) is 4.37. The molecule has 6 nitrogen and oxygen atoms in total. The van der Waals surface area contributed by atoms with Gasteiger partial charge in [0.05, 0.1) is 16.1 Å². The van der Waals surface area contributed by atoms with Crippen molar-refractivity contribution in [2.75, 3.05) is 10.7 Å². The first-order valence-corrected chi connectivity index (χ1v) is 10.1. The number of hydrogen-bond acceptors (Lipinski definition) is 5. The van der Waals surface area contributed by atoms with Gasteiger partial charge in [0.25, 0.3) is 0 Å². The first kappa shape index (κ1) is 17.0. The molecule has 3 aromatic rings. The van der Waals surface area contributed by atoms with Gasteiger partial charge in [0.2, 0.25) is 11.1 Å². The van der Waals surface area contributed by atoms with Gasteiger partial charge in [-0.15, -0.1) is 11.3 Å². The van der Waals surface area contributed by atoms with Crippen LogP contribution < -0.4 is 15.1 Å². The molecule has 4 rings (SSSR count). The van der Waals surface area contributed by atoms with Gasteiger partial charge in [-0.1, -0.05) is 36.9 Å². The normalized spacial score (nSPS) is 15.5. The quantitative estimate of drug-likeness (QED) is 0.556. The third-order valence-corrected chi connectivity index (χ3v) is 5.83. The summed E-state index contributed by atoms with van der Waals surface area (Å²) >= 11 is 3.01. The minimum atomic E-state index is -0.476. The third-order valence-electron chi connectivity index (χ3n) is 4.18. The summed E-state index contributed by atoms with van der Waals surface area (Å²) in [6.07, 6.45) is -0.476. The molecule has 0 spiro atoms. The summed E-state index contributed by atoms with van der Waals surface area (Å²) in [5.74, 6) is 0.694. The van der Waals surface area contributed by atoms with E-state index in [1.807, 2.05) is 48.7 Å². The number of rotatable bonds is 3. The monoisotopic (exact) mass is 385 g/mol. The number of H-pyrrole nitrogens is 1. The van der Waals surface area contributed by atoms with E-state index in [2.05, 4.69) is 10.1 Å². The highest BCUT2D eigenvalue weighted by atomic mass is 32.2. The van der Waals surface area contributed by atoms with E-state index in [1.165, 1.54) is 18.7 Å². The van der Waals surface area contributed by atoms with Gasteiger partial charge >= 0.3 is 17.4 Å². The Hall–Kier alpha value is -2.45. The topological polar surface area (TPSA) is 69.9 Å². The second-order valence-corrected chi connectivity index (χ2v) is 8.01. The number of aromatic amines is 1. The Labute approximate surface area is 158 Å². The van der Waals surface area contributed by atoms with Crippen LogP contribution in [-0.4, -0.2) is 21.7 Å². The molecule has 1 atom stereocenters. The van der Waals surface area contributed by atoms with Crippen LogP contribution in [0.15, 0.2) is 51.7 Å². The minimum absolute atomic E-state index is 0.0965. The van der Waals surface area contributed by atoms with Crippen LogP contribution in [0, 0.1) is 0 Å². The summed E-state index contributed by atoms with van der Waals surface area (Å²) in [7, 11) is 0. The van der Waals surface area contributed by atoms with Gasteiger partial charge in [-0.3, -0.25) is 14.6 Å². The van der Waals surface area contributed by atoms with Crippen molar-refractivity contribution >= 4 is 34.7 Å². The van der Waals surface area contributed by atoms with Gasteiger partial charge < -0.3 is 0 Å². The zero-order valence-electron chi connectivity index (χ0n) is 14.3. The van der Waals surface area contributed by atoms with Gasteiger partial charge in [0.1, 0.15) is 0 Å². The molecular weight excluding hydrogens is 368 g/mol. The van der Waals surface area contributed by atoms with E-state index in [1.54, 1.807) is 20.9 Å². The number of carbonyl (C=O) groups is 1. The second kappa shape index (κ2) is 6.69. The van der Waals surface area contributed by atoms with Crippen molar-refractivity contribution in [3.63, 3.8) is 0 Å². The molecule has 0 aliphatic carbocycles. The van der Waals surface area contributed by atoms with E-state index < -0.39 is 6.17 Å². The van der Waals surface area contributed by atoms with Crippen molar-refractivity contribution < 1.29 is 9.48 Å². The smallest absolute Gasteiger partial charge is 0.291 e. The molecule has 1 aromatic carbocycles. The zero-order chi connectivity index (χ0) is 18.3. The maximum atomic E-state index is 12.9. The van der Waals surface area contributed by atoms with Crippen LogP contribution in [0.25, 0.3) is 11.3 Å². The largest absolute Gasteiger partial charge is 0.325 e. The van der Waals surface area contributed by atoms with Crippen molar-refractivity contribution in [2.24, 2.45) is 0 Å². The molecule has 3 heterocycles. The Balaban J connectivity index is 2.07. The number of hydrogen-bond donors (Lipinski definition) is 1. The van der Waals surface area contributed by atoms with Crippen LogP contribution >= 0.6 is 23.1 Å². The number of carbonyl (C=O) groups excluding carboxylic acids is 1. The van der Waals surface area contributed by atoms with Crippen LogP contribution in [0.1, 0.15) is 24.9 Å². The fraction of sp³-hybridized carbons (Fsp3) is 0.222. The molecule has 2 aromatic heterocycles. The van der Waals surface area contributed by atoms with Crippen LogP contribution in [0.5, 0.6) is 0 Å². The lowest BCUT2D eigenvalue weighted by atomic mass is 10.0. The fourth-order valence-corrected chi connectivity index (χ4v) is 4.59. The second-order valence-electron chi connectivity index (χ2n) is 5.78. The molecule has 1 aliphatic rings. The molecule has 1 aliphatic heterocycles. The Morgan fingerprint density at radius 1 is 1.35 bits per heavy atom. The summed E-state index contributed by atoms with van der Waals surface area (Å²) in [4.78, 5) is 31.0. The van der Waals surface area contributed by atoms with Crippen molar-refractivity contribution in [3.8, 4) is 11.3 Å². The van der Waals surface area contributed by atoms with E-state index in [0.717, 1.165) is 16.3 Å². The molecule has 1 N–H and O–H groups in total. The highest BCUT2D eigenvalue weighted by molar-refractivity contribution is 7.99. The summed E-state index contributed by atoms with van der Waals surface area (Å²) in [5.41, 5.74) is 1.70. The van der Waals surface area contributed by atoms with Crippen LogP contribution in [0.2, 0.25) is 0 Å². The van der Waals surface area contributed by atoms with Gasteiger partial charge in [0, 0.05) is 12.0 Å². The fourth-order valence-electron chi connectivity index (χ4n) is 3.21. The molecule has 0 unspecified atom stereocenters. The number of aromatic nitrogens is 3. The molecule has 26 heavy (non-hydrogen) atoms. The van der Waals surface area contributed by atoms with Gasteiger partial charge in [-0.05, 0) is 34.0 Å². The molecule has 1 amide bonds. The van der Waals surface area contributed by atoms with Crippen molar-refractivity contribution in [3.05, 3.63) is 57.0 Å². The lowest BCUT2D eigenvalue weighted by Crippen LogP contribution is -2.60. The molecule has 0 radical (unpaired) electrons. The summed E-state index contributed by atoms with van der Waals surface area (Å²) in [6, 6.07) is 11.4. The zero-order valence-corrected chi connectivity index (χ0v) is 15.9. The Morgan fingerprint density at radius 3 is 2.85 bits per heavy atom. The van der Waals surface area contributed by atoms with E-state index >= 15 is 0 Å². The van der Waals surface area contributed by atoms with Crippen LogP contribution in [0.4, 0.5) is 5.69 Å². The van der Waals surface area contributed by atoms with Crippen molar-refractivity contribution in [2.45, 2.75) is 25.2 Å². The van der Waals surface area contributed by atoms with E-state index in [9.17, 15) is 9.59 Å². The average Bonchev–Trinajstić information content (AvgIpc) is 3.14. The minimum Gasteiger partial charge on any atom is -0.291 e. The maximum absolute atomic E-state index is 12.9. The number of thiophene rings is 1. The van der Waals surface area contributed by atoms with E-state index in [4.69, 9.17) is 0 Å². The summed E-state index contributed by atoms with van der Waals surface area (Å²) in [6.45, 7) is 3.54. The van der Waals surface area contributed by atoms with E-state index in [0.29, 0.717) is 16.4 Å². The predicted molar refractivity (Wildman–Crippen MR) is 103 cm³/mol. The van der Waals surface area contributed by atoms with Crippen molar-refractivity contribution in [1.29, 1.82) is 0 Å². The first-order chi connectivity index (χ1) is 12.6. The SMILES string of the molecule is CCSc1n[n+]2c(c(=O)[nH]1)-c1ccccc1N(C(C)=O)[C@@H]2c1cccs1. The first-order valence-electron chi connectivity index (χ1n) is 8.23. The molecule has 8 heteroatoms. The Morgan fingerprint density at radius 2 is 2.15 bits per heavy atom. The summed E-state index contributed by atoms with van der Waals surface area (Å²) < 4.78 is 1.69. The van der Waals surface area contributed by atoms with Crippen molar-refractivity contribution in [1.82, 2.24) is 10.1 Å². The number of benzene rings is 1. The predicted octanol–water partition coefficient (Wildman–Crippen LogP) is 2.81. The molecule has 132 valence electrons. The lowest BCUT2D eigenvalue weighted by molar-refractivity contribution is -0.762. The summed E-state index contributed by atoms with van der Waals surface area (Å²) in [5, 5.41) is 7.18. The average molecular weight is 385 g/mol. The highest BCUT2D eigenvalue weighted by Crippen LogP contribution is 2.38. The highest BCUT2D eigenvalue weighted by Gasteiger charge is 2.45. The number of anilines is 1. The third kappa shape index (κ3) is 2.65. The number of nitrogens with zero attached hydrogens (tertiary/aromatic N) is 3. The van der Waals surface area contributed by atoms with Gasteiger partial charge in [-0.25, -0.2) is 4.90 Å². The number of fused-ring (bicyclic) bond motifs is 3. The van der Waals surface area contributed by atoms with Gasteiger partial charge in [-0.2, -0.15) is 0 Å². The maximum Gasteiger partial charge on any atom is 0.325 e. The van der Waals surface area contributed by atoms with E-state index in [-0.39, 0.29) is 11.5 Å². The number of nitrogens with one attached hydrogen (secondary N) is 1. The Bertz CT molecular complexity index is 1030. The number of para-hydroxylation sites is 1. The standard InChI is InChI=1S/C18H16N4O2S2/c1-3-25-18-19-16(24)15-12-7-4-5-8-13(12)21(11(2)23)17(22(15)20-18)14-9-6-10-26-14/h4-10,17H,3H2,1-2H3/p+1/t17-/m0/s1. The van der Waals surface area contributed by atoms with Crippen LogP contribution in [0.3, 0.4) is 0 Å². The molecular formula is C18H17N4O2S2+. The molecule has 0 bridgehead atoms. The number of amides is 1. The molecule has 0 saturated heterocycles. The number of thioether (sulfide) groups is 1. The molecule has 0 fully saturated rings. The van der Waals surface area contributed by atoms with Crippen LogP contribution in [-0.2, 0) is 4.79 Å². The lowest BCUT2D eigenvalue weighted by Gasteiger charge is -2.30. The van der Waals surface area contributed by atoms with Gasteiger partial charge in [0.15, 0.2) is 0 Å². The molecule has 0 saturated carbocycles.